The first-order chi connectivity index (χ1) is 11.5. The van der Waals surface area contributed by atoms with Crippen LogP contribution >= 0.6 is 0 Å². The van der Waals surface area contributed by atoms with E-state index >= 15 is 0 Å². The summed E-state index contributed by atoms with van der Waals surface area (Å²) in [5, 5.41) is 5.89. The molecule has 0 spiro atoms. The smallest absolute Gasteiger partial charge is 0.230 e. The number of carbonyl (C=O) groups excluding carboxylic acids is 2. The average molecular weight is 332 g/mol. The summed E-state index contributed by atoms with van der Waals surface area (Å²) in [6.45, 7) is 2.13. The van der Waals surface area contributed by atoms with Crippen molar-refractivity contribution < 1.29 is 14.0 Å². The van der Waals surface area contributed by atoms with Crippen LogP contribution in [0.15, 0.2) is 24.3 Å². The maximum atomic E-state index is 13.6. The average Bonchev–Trinajstić information content (AvgIpc) is 3.24. The second-order valence-corrected chi connectivity index (χ2v) is 7.19. The number of halogens is 1. The Kier molecular flexibility index (Phi) is 4.88. The molecule has 1 atom stereocenters. The van der Waals surface area contributed by atoms with E-state index in [0.717, 1.165) is 44.1 Å². The number of nitrogens with one attached hydrogen (secondary N) is 2. The third-order valence-corrected chi connectivity index (χ3v) is 5.21. The highest BCUT2D eigenvalue weighted by molar-refractivity contribution is 5.89. The van der Waals surface area contributed by atoms with Crippen molar-refractivity contribution in [3.8, 4) is 0 Å². The minimum Gasteiger partial charge on any atom is -0.355 e. The topological polar surface area (TPSA) is 58.2 Å². The van der Waals surface area contributed by atoms with E-state index in [9.17, 15) is 14.0 Å². The Hall–Kier alpha value is -1.91. The van der Waals surface area contributed by atoms with Crippen LogP contribution in [0.5, 0.6) is 0 Å². The van der Waals surface area contributed by atoms with Crippen LogP contribution in [-0.2, 0) is 15.0 Å². The van der Waals surface area contributed by atoms with Crippen molar-refractivity contribution in [3.05, 3.63) is 35.6 Å². The van der Waals surface area contributed by atoms with Gasteiger partial charge in [0.05, 0.1) is 11.3 Å². The monoisotopic (exact) mass is 332 g/mol. The van der Waals surface area contributed by atoms with Gasteiger partial charge < -0.3 is 10.6 Å². The van der Waals surface area contributed by atoms with Gasteiger partial charge in [0.15, 0.2) is 0 Å². The summed E-state index contributed by atoms with van der Waals surface area (Å²) < 4.78 is 13.6. The fourth-order valence-corrected chi connectivity index (χ4v) is 3.49. The molecule has 0 unspecified atom stereocenters. The number of hydrogen-bond donors (Lipinski definition) is 2. The third-order valence-electron chi connectivity index (χ3n) is 5.21. The molecule has 0 saturated heterocycles. The van der Waals surface area contributed by atoms with E-state index in [2.05, 4.69) is 10.6 Å². The molecule has 1 aromatic carbocycles. The lowest BCUT2D eigenvalue weighted by molar-refractivity contribution is -0.128. The molecule has 2 aliphatic rings. The fraction of sp³-hybridized carbons (Fsp3) is 0.579. The minimum atomic E-state index is -0.658. The third kappa shape index (κ3) is 3.60. The predicted octanol–water partition coefficient (Wildman–Crippen LogP) is 2.67. The van der Waals surface area contributed by atoms with Gasteiger partial charge in [-0.3, -0.25) is 9.59 Å². The van der Waals surface area contributed by atoms with Gasteiger partial charge in [-0.15, -0.1) is 0 Å². The van der Waals surface area contributed by atoms with Crippen LogP contribution in [0.1, 0.15) is 51.0 Å². The number of hydrogen-bond acceptors (Lipinski definition) is 2. The van der Waals surface area contributed by atoms with Crippen LogP contribution in [0.25, 0.3) is 0 Å². The van der Waals surface area contributed by atoms with Crippen molar-refractivity contribution in [2.45, 2.75) is 56.9 Å². The fourth-order valence-electron chi connectivity index (χ4n) is 3.49. The molecule has 2 saturated carbocycles. The summed E-state index contributed by atoms with van der Waals surface area (Å²) in [6, 6.07) is 6.67. The van der Waals surface area contributed by atoms with Gasteiger partial charge >= 0.3 is 0 Å². The molecule has 0 aliphatic heterocycles. The Labute approximate surface area is 142 Å². The Bertz CT molecular complexity index is 622. The molecule has 0 heterocycles. The normalized spacial score (nSPS) is 20.4. The molecule has 0 bridgehead atoms. The van der Waals surface area contributed by atoms with Gasteiger partial charge in [-0.05, 0) is 43.4 Å². The van der Waals surface area contributed by atoms with E-state index in [1.807, 2.05) is 13.0 Å². The van der Waals surface area contributed by atoms with E-state index in [1.165, 1.54) is 12.1 Å². The molecule has 24 heavy (non-hydrogen) atoms. The Morgan fingerprint density at radius 3 is 2.62 bits per heavy atom. The van der Waals surface area contributed by atoms with Gasteiger partial charge in [-0.1, -0.05) is 31.9 Å². The van der Waals surface area contributed by atoms with Gasteiger partial charge in [0, 0.05) is 12.6 Å². The summed E-state index contributed by atoms with van der Waals surface area (Å²) in [5.74, 6) is -0.676. The summed E-state index contributed by atoms with van der Waals surface area (Å²) in [4.78, 5) is 24.9. The number of amides is 2. The Morgan fingerprint density at radius 1 is 1.29 bits per heavy atom. The van der Waals surface area contributed by atoms with Gasteiger partial charge in [0.1, 0.15) is 5.82 Å². The van der Waals surface area contributed by atoms with E-state index in [0.29, 0.717) is 12.6 Å². The zero-order valence-corrected chi connectivity index (χ0v) is 14.1. The Morgan fingerprint density at radius 2 is 2.00 bits per heavy atom. The lowest BCUT2D eigenvalue weighted by Crippen LogP contribution is -2.46. The second kappa shape index (κ2) is 6.91. The van der Waals surface area contributed by atoms with Crippen LogP contribution in [0, 0.1) is 11.7 Å². The number of rotatable bonds is 6. The zero-order chi connectivity index (χ0) is 17.2. The molecule has 3 rings (SSSR count). The van der Waals surface area contributed by atoms with Crippen molar-refractivity contribution in [1.82, 2.24) is 10.6 Å². The van der Waals surface area contributed by atoms with Crippen molar-refractivity contribution in [3.63, 3.8) is 0 Å². The first-order valence-corrected chi connectivity index (χ1v) is 8.86. The summed E-state index contributed by atoms with van der Waals surface area (Å²) in [5.41, 5.74) is 0.0852. The maximum absolute atomic E-state index is 13.6. The highest BCUT2D eigenvalue weighted by Gasteiger charge is 2.42. The molecule has 2 amide bonds. The molecule has 5 heteroatoms. The van der Waals surface area contributed by atoms with Crippen molar-refractivity contribution >= 4 is 11.8 Å². The van der Waals surface area contributed by atoms with Crippen molar-refractivity contribution in [2.75, 3.05) is 6.54 Å². The molecule has 2 fully saturated rings. The molecule has 0 aromatic heterocycles. The van der Waals surface area contributed by atoms with Crippen LogP contribution in [-0.4, -0.2) is 24.4 Å². The highest BCUT2D eigenvalue weighted by Crippen LogP contribution is 2.41. The van der Waals surface area contributed by atoms with Crippen LogP contribution < -0.4 is 10.6 Å². The van der Waals surface area contributed by atoms with Crippen LogP contribution in [0.4, 0.5) is 4.39 Å². The van der Waals surface area contributed by atoms with E-state index in [1.54, 1.807) is 6.07 Å². The SMILES string of the molecule is C[C@@H](CNC(=O)C1(c2cccc(F)c2)CCCC1)C(=O)NC1CC1. The second-order valence-electron chi connectivity index (χ2n) is 7.19. The molecule has 4 nitrogen and oxygen atoms in total. The minimum absolute atomic E-state index is 0.0102. The largest absolute Gasteiger partial charge is 0.355 e. The summed E-state index contributed by atoms with van der Waals surface area (Å²) in [7, 11) is 0. The molecule has 130 valence electrons. The predicted molar refractivity (Wildman–Crippen MR) is 89.9 cm³/mol. The Balaban J connectivity index is 1.65. The summed E-state index contributed by atoms with van der Waals surface area (Å²) in [6.07, 6.45) is 5.47. The molecule has 2 aliphatic carbocycles. The van der Waals surface area contributed by atoms with Gasteiger partial charge in [-0.2, -0.15) is 0 Å². The van der Waals surface area contributed by atoms with Gasteiger partial charge in [0.2, 0.25) is 11.8 Å². The molecular formula is C19H25FN2O2. The molecule has 1 aromatic rings. The molecular weight excluding hydrogens is 307 g/mol. The van der Waals surface area contributed by atoms with E-state index in [-0.39, 0.29) is 23.5 Å². The van der Waals surface area contributed by atoms with Gasteiger partial charge in [-0.25, -0.2) is 4.39 Å². The lowest BCUT2D eigenvalue weighted by atomic mass is 9.78. The zero-order valence-electron chi connectivity index (χ0n) is 14.1. The lowest BCUT2D eigenvalue weighted by Gasteiger charge is -2.29. The van der Waals surface area contributed by atoms with Crippen molar-refractivity contribution in [1.29, 1.82) is 0 Å². The molecule has 2 N–H and O–H groups in total. The number of benzene rings is 1. The van der Waals surface area contributed by atoms with Crippen LogP contribution in [0.2, 0.25) is 0 Å². The molecule has 0 radical (unpaired) electrons. The summed E-state index contributed by atoms with van der Waals surface area (Å²) >= 11 is 0. The van der Waals surface area contributed by atoms with E-state index < -0.39 is 5.41 Å². The van der Waals surface area contributed by atoms with E-state index in [4.69, 9.17) is 0 Å². The number of carbonyl (C=O) groups is 2. The maximum Gasteiger partial charge on any atom is 0.230 e. The first-order valence-electron chi connectivity index (χ1n) is 8.86. The highest BCUT2D eigenvalue weighted by atomic mass is 19.1. The van der Waals surface area contributed by atoms with Crippen LogP contribution in [0.3, 0.4) is 0 Å². The standard InChI is InChI=1S/C19H25FN2O2/c1-13(17(23)22-16-7-8-16)12-21-18(24)19(9-2-3-10-19)14-5-4-6-15(20)11-14/h4-6,11,13,16H,2-3,7-10,12H2,1H3,(H,21,24)(H,22,23)/t13-/m0/s1. The van der Waals surface area contributed by atoms with Gasteiger partial charge in [0.25, 0.3) is 0 Å². The van der Waals surface area contributed by atoms with Crippen molar-refractivity contribution in [2.24, 2.45) is 5.92 Å². The first kappa shape index (κ1) is 16.9. The quantitative estimate of drug-likeness (QED) is 0.841.